The second-order valence-electron chi connectivity index (χ2n) is 6.01. The number of hydrogen-bond donors (Lipinski definition) is 2. The van der Waals surface area contributed by atoms with Gasteiger partial charge in [-0.25, -0.2) is 0 Å². The Hall–Kier alpha value is -3.81. The van der Waals surface area contributed by atoms with E-state index in [1.165, 1.54) is 13.0 Å². The molecule has 8 heteroatoms. The fourth-order valence-electron chi connectivity index (χ4n) is 2.45. The van der Waals surface area contributed by atoms with E-state index in [9.17, 15) is 19.5 Å². The Labute approximate surface area is 160 Å². The molecule has 1 heterocycles. The normalized spacial score (nSPS) is 13.5. The average molecular weight is 381 g/mol. The quantitative estimate of drug-likeness (QED) is 0.702. The highest BCUT2D eigenvalue weighted by Gasteiger charge is 2.18. The topological polar surface area (TPSA) is 117 Å². The molecule has 2 N–H and O–H groups in total. The Morgan fingerprint density at radius 3 is 2.50 bits per heavy atom. The van der Waals surface area contributed by atoms with E-state index in [1.54, 1.807) is 48.5 Å². The smallest absolute Gasteiger partial charge is 0.268 e. The van der Waals surface area contributed by atoms with E-state index in [0.717, 1.165) is 0 Å². The first-order valence-electron chi connectivity index (χ1n) is 8.43. The summed E-state index contributed by atoms with van der Waals surface area (Å²) in [5.41, 5.74) is 0.782. The van der Waals surface area contributed by atoms with Crippen molar-refractivity contribution < 1.29 is 29.0 Å². The molecular formula is C20H17N2O6-. The van der Waals surface area contributed by atoms with Crippen molar-refractivity contribution in [3.05, 3.63) is 65.4 Å². The van der Waals surface area contributed by atoms with E-state index >= 15 is 0 Å². The molecule has 1 aliphatic heterocycles. The third kappa shape index (κ3) is 4.47. The van der Waals surface area contributed by atoms with Crippen LogP contribution in [0.15, 0.2) is 54.2 Å². The zero-order valence-corrected chi connectivity index (χ0v) is 14.9. The number of nitrogens with one attached hydrogen (secondary N) is 2. The van der Waals surface area contributed by atoms with Gasteiger partial charge in [-0.05, 0) is 42.8 Å². The molecule has 0 radical (unpaired) electrons. The van der Waals surface area contributed by atoms with Crippen LogP contribution in [0.25, 0.3) is 6.08 Å². The van der Waals surface area contributed by atoms with Crippen LogP contribution in [0, 0.1) is 0 Å². The van der Waals surface area contributed by atoms with Crippen molar-refractivity contribution >= 4 is 23.9 Å². The largest absolute Gasteiger partial charge is 0.548 e. The van der Waals surface area contributed by atoms with Crippen LogP contribution < -0.4 is 25.2 Å². The molecule has 8 nitrogen and oxygen atoms in total. The molecular weight excluding hydrogens is 364 g/mol. The summed E-state index contributed by atoms with van der Waals surface area (Å²) in [7, 11) is 0. The third-order valence-corrected chi connectivity index (χ3v) is 3.94. The maximum Gasteiger partial charge on any atom is 0.268 e. The number of rotatable bonds is 6. The fourth-order valence-corrected chi connectivity index (χ4v) is 2.45. The standard InChI is InChI=1S/C20H18N2O6/c1-12(20(25)26)21-19(24)15(22-18(23)14-5-3-2-4-6-14)9-13-7-8-16-17(10-13)28-11-27-16/h2-10,12H,11H2,1H3,(H,21,24)(H,22,23)(H,25,26)/p-1/b15-9-/t12-/m1/s1. The molecule has 0 fully saturated rings. The predicted octanol–water partition coefficient (Wildman–Crippen LogP) is 0.441. The Bertz CT molecular complexity index is 939. The van der Waals surface area contributed by atoms with E-state index in [-0.39, 0.29) is 12.5 Å². The predicted molar refractivity (Wildman–Crippen MR) is 97.1 cm³/mol. The number of fused-ring (bicyclic) bond motifs is 1. The summed E-state index contributed by atoms with van der Waals surface area (Å²) in [4.78, 5) is 35.9. The van der Waals surface area contributed by atoms with Crippen LogP contribution >= 0.6 is 0 Å². The van der Waals surface area contributed by atoms with Gasteiger partial charge in [0.15, 0.2) is 11.5 Å². The summed E-state index contributed by atoms with van der Waals surface area (Å²) in [5.74, 6) is -1.64. The van der Waals surface area contributed by atoms with Crippen molar-refractivity contribution in [3.8, 4) is 11.5 Å². The summed E-state index contributed by atoms with van der Waals surface area (Å²) in [6.07, 6.45) is 1.42. The molecule has 0 saturated carbocycles. The van der Waals surface area contributed by atoms with Crippen LogP contribution in [0.1, 0.15) is 22.8 Å². The number of carbonyl (C=O) groups excluding carboxylic acids is 3. The van der Waals surface area contributed by atoms with Gasteiger partial charge in [0.25, 0.3) is 11.8 Å². The lowest BCUT2D eigenvalue weighted by atomic mass is 10.1. The molecule has 0 unspecified atom stereocenters. The van der Waals surface area contributed by atoms with Crippen molar-refractivity contribution in [1.82, 2.24) is 10.6 Å². The lowest BCUT2D eigenvalue weighted by Gasteiger charge is -2.17. The first-order valence-corrected chi connectivity index (χ1v) is 8.43. The highest BCUT2D eigenvalue weighted by molar-refractivity contribution is 6.06. The highest BCUT2D eigenvalue weighted by Crippen LogP contribution is 2.33. The van der Waals surface area contributed by atoms with Gasteiger partial charge in [-0.2, -0.15) is 0 Å². The molecule has 0 saturated heterocycles. The summed E-state index contributed by atoms with van der Waals surface area (Å²) >= 11 is 0. The Morgan fingerprint density at radius 2 is 1.79 bits per heavy atom. The van der Waals surface area contributed by atoms with E-state index in [4.69, 9.17) is 9.47 Å². The first kappa shape index (κ1) is 19.0. The van der Waals surface area contributed by atoms with Crippen LogP contribution in [0.3, 0.4) is 0 Å². The van der Waals surface area contributed by atoms with Gasteiger partial charge in [-0.3, -0.25) is 9.59 Å². The third-order valence-electron chi connectivity index (χ3n) is 3.94. The minimum absolute atomic E-state index is 0.101. The highest BCUT2D eigenvalue weighted by atomic mass is 16.7. The molecule has 1 aliphatic rings. The molecule has 0 spiro atoms. The molecule has 0 aromatic heterocycles. The van der Waals surface area contributed by atoms with Crippen LogP contribution in [0.4, 0.5) is 0 Å². The SMILES string of the molecule is C[C@@H](NC(=O)/C(=C/c1ccc2c(c1)OCO2)NC(=O)c1ccccc1)C(=O)[O-]. The van der Waals surface area contributed by atoms with Gasteiger partial charge in [-0.15, -0.1) is 0 Å². The maximum atomic E-state index is 12.5. The van der Waals surface area contributed by atoms with Crippen LogP contribution in [0.5, 0.6) is 11.5 Å². The number of carboxylic acid groups (broad SMARTS) is 1. The lowest BCUT2D eigenvalue weighted by molar-refractivity contribution is -0.307. The Morgan fingerprint density at radius 1 is 1.07 bits per heavy atom. The van der Waals surface area contributed by atoms with E-state index in [1.807, 2.05) is 0 Å². The molecule has 3 rings (SSSR count). The molecule has 0 bridgehead atoms. The van der Waals surface area contributed by atoms with E-state index < -0.39 is 23.8 Å². The van der Waals surface area contributed by atoms with Gasteiger partial charge in [0.1, 0.15) is 5.70 Å². The molecule has 1 atom stereocenters. The summed E-state index contributed by atoms with van der Waals surface area (Å²) in [5, 5.41) is 15.7. The minimum Gasteiger partial charge on any atom is -0.548 e. The lowest BCUT2D eigenvalue weighted by Crippen LogP contribution is -2.48. The summed E-state index contributed by atoms with van der Waals surface area (Å²) in [6, 6.07) is 12.1. The number of carbonyl (C=O) groups is 3. The van der Waals surface area contributed by atoms with Crippen LogP contribution in [-0.2, 0) is 9.59 Å². The van der Waals surface area contributed by atoms with Gasteiger partial charge in [0.05, 0.1) is 12.0 Å². The van der Waals surface area contributed by atoms with E-state index in [0.29, 0.717) is 22.6 Å². The number of aliphatic carboxylic acids is 1. The number of hydrogen-bond acceptors (Lipinski definition) is 6. The number of amides is 2. The second kappa shape index (κ2) is 8.26. The monoisotopic (exact) mass is 381 g/mol. The number of benzene rings is 2. The zero-order valence-electron chi connectivity index (χ0n) is 14.9. The molecule has 2 amide bonds. The molecule has 144 valence electrons. The number of ether oxygens (including phenoxy) is 2. The summed E-state index contributed by atoms with van der Waals surface area (Å²) in [6.45, 7) is 1.37. The molecule has 0 aliphatic carbocycles. The van der Waals surface area contributed by atoms with E-state index in [2.05, 4.69) is 10.6 Å². The zero-order chi connectivity index (χ0) is 20.1. The number of carboxylic acids is 1. The van der Waals surface area contributed by atoms with Crippen molar-refractivity contribution in [2.24, 2.45) is 0 Å². The average Bonchev–Trinajstić information content (AvgIpc) is 3.15. The van der Waals surface area contributed by atoms with Crippen molar-refractivity contribution in [1.29, 1.82) is 0 Å². The Kier molecular flexibility index (Phi) is 5.59. The summed E-state index contributed by atoms with van der Waals surface area (Å²) < 4.78 is 10.5. The maximum absolute atomic E-state index is 12.5. The van der Waals surface area contributed by atoms with Crippen molar-refractivity contribution in [2.45, 2.75) is 13.0 Å². The second-order valence-corrected chi connectivity index (χ2v) is 6.01. The van der Waals surface area contributed by atoms with Gasteiger partial charge < -0.3 is 30.0 Å². The first-order chi connectivity index (χ1) is 13.4. The molecule has 28 heavy (non-hydrogen) atoms. The Balaban J connectivity index is 1.88. The van der Waals surface area contributed by atoms with Gasteiger partial charge in [-0.1, -0.05) is 24.3 Å². The van der Waals surface area contributed by atoms with Crippen LogP contribution in [-0.4, -0.2) is 30.6 Å². The van der Waals surface area contributed by atoms with Crippen molar-refractivity contribution in [2.75, 3.05) is 6.79 Å². The minimum atomic E-state index is -1.44. The molecule has 2 aromatic carbocycles. The van der Waals surface area contributed by atoms with Crippen molar-refractivity contribution in [3.63, 3.8) is 0 Å². The van der Waals surface area contributed by atoms with Crippen LogP contribution in [0.2, 0.25) is 0 Å². The van der Waals surface area contributed by atoms with Gasteiger partial charge in [0, 0.05) is 5.56 Å². The molecule has 2 aromatic rings. The van der Waals surface area contributed by atoms with Gasteiger partial charge >= 0.3 is 0 Å². The fraction of sp³-hybridized carbons (Fsp3) is 0.150. The van der Waals surface area contributed by atoms with Gasteiger partial charge in [0.2, 0.25) is 6.79 Å².